The third kappa shape index (κ3) is 6.70. The van der Waals surface area contributed by atoms with Gasteiger partial charge in [-0.05, 0) is 60.2 Å². The maximum absolute atomic E-state index is 13.0. The molecule has 1 aromatic heterocycles. The van der Waals surface area contributed by atoms with Crippen molar-refractivity contribution in [1.82, 2.24) is 14.9 Å². The van der Waals surface area contributed by atoms with E-state index in [9.17, 15) is 31.1 Å². The second-order valence-corrected chi connectivity index (χ2v) is 7.59. The lowest BCUT2D eigenvalue weighted by molar-refractivity contribution is -0.143. The predicted molar refractivity (Wildman–Crippen MR) is 117 cm³/mol. The summed E-state index contributed by atoms with van der Waals surface area (Å²) in [5.41, 5.74) is -1.85. The summed E-state index contributed by atoms with van der Waals surface area (Å²) in [6.45, 7) is -0.364. The summed E-state index contributed by atoms with van der Waals surface area (Å²) in [4.78, 5) is 16.0. The van der Waals surface area contributed by atoms with E-state index in [1.54, 1.807) is 42.1 Å². The van der Waals surface area contributed by atoms with Crippen LogP contribution in [0.5, 0.6) is 0 Å². The van der Waals surface area contributed by atoms with Crippen LogP contribution in [0.1, 0.15) is 27.2 Å². The molecule has 3 rings (SSSR count). The number of aryl methyl sites for hydroxylation is 1. The van der Waals surface area contributed by atoms with E-state index in [1.807, 2.05) is 0 Å². The number of carbonyl (C=O) groups is 1. The second kappa shape index (κ2) is 9.71. The number of carbonyl (C=O) groups excluding carboxylic acids is 1. The van der Waals surface area contributed by atoms with Crippen LogP contribution in [-0.4, -0.2) is 20.6 Å². The molecule has 3 N–H and O–H groups in total. The highest BCUT2D eigenvalue weighted by atomic mass is 32.1. The number of anilines is 2. The largest absolute Gasteiger partial charge is 0.416 e. The SMILES string of the molecule is Cn1cnc(C(=O)Nc2ccc(NC(=S)NCc3cc(C(F)(F)F)cc(C(F)(F)F)c3)cc2)c1. The number of hydrogen-bond donors (Lipinski definition) is 3. The summed E-state index contributed by atoms with van der Waals surface area (Å²) in [6, 6.07) is 7.63. The Kier molecular flexibility index (Phi) is 7.15. The maximum atomic E-state index is 13.0. The van der Waals surface area contributed by atoms with E-state index < -0.39 is 29.4 Å². The Bertz CT molecular complexity index is 1160. The van der Waals surface area contributed by atoms with Gasteiger partial charge in [0.15, 0.2) is 5.11 Å². The van der Waals surface area contributed by atoms with Crippen molar-refractivity contribution in [3.05, 3.63) is 77.4 Å². The monoisotopic (exact) mass is 501 g/mol. The molecule has 0 saturated heterocycles. The van der Waals surface area contributed by atoms with Crippen molar-refractivity contribution in [2.75, 3.05) is 10.6 Å². The molecule has 34 heavy (non-hydrogen) atoms. The zero-order valence-electron chi connectivity index (χ0n) is 17.4. The van der Waals surface area contributed by atoms with Gasteiger partial charge < -0.3 is 20.5 Å². The summed E-state index contributed by atoms with van der Waals surface area (Å²) < 4.78 is 79.5. The molecule has 1 amide bonds. The first-order chi connectivity index (χ1) is 15.8. The lowest BCUT2D eigenvalue weighted by Crippen LogP contribution is -2.28. The van der Waals surface area contributed by atoms with Crippen LogP contribution in [0.25, 0.3) is 0 Å². The van der Waals surface area contributed by atoms with Gasteiger partial charge in [-0.25, -0.2) is 4.98 Å². The molecule has 13 heteroatoms. The standard InChI is InChI=1S/C21H17F6N5OS/c1-32-10-17(29-11-32)18(33)30-15-2-4-16(5-3-15)31-19(34)28-9-12-6-13(20(22,23)24)8-14(7-12)21(25,26)27/h2-8,10-11H,9H2,1H3,(H,30,33)(H2,28,31,34). The molecular formula is C21H17F6N5OS. The highest BCUT2D eigenvalue weighted by Gasteiger charge is 2.36. The zero-order valence-corrected chi connectivity index (χ0v) is 18.2. The van der Waals surface area contributed by atoms with Crippen molar-refractivity contribution in [3.8, 4) is 0 Å². The molecule has 0 aliphatic rings. The smallest absolute Gasteiger partial charge is 0.358 e. The Labute approximate surface area is 195 Å². The lowest BCUT2D eigenvalue weighted by atomic mass is 10.0. The van der Waals surface area contributed by atoms with Crippen LogP contribution in [0.2, 0.25) is 0 Å². The van der Waals surface area contributed by atoms with E-state index in [0.29, 0.717) is 23.5 Å². The molecule has 0 saturated carbocycles. The van der Waals surface area contributed by atoms with Crippen LogP contribution in [0, 0.1) is 0 Å². The number of nitrogens with one attached hydrogen (secondary N) is 3. The van der Waals surface area contributed by atoms with Gasteiger partial charge in [0.25, 0.3) is 5.91 Å². The van der Waals surface area contributed by atoms with Crippen LogP contribution in [0.15, 0.2) is 55.0 Å². The summed E-state index contributed by atoms with van der Waals surface area (Å²) >= 11 is 5.07. The van der Waals surface area contributed by atoms with E-state index >= 15 is 0 Å². The third-order valence-corrected chi connectivity index (χ3v) is 4.69. The van der Waals surface area contributed by atoms with Crippen molar-refractivity contribution in [2.45, 2.75) is 18.9 Å². The van der Waals surface area contributed by atoms with Crippen molar-refractivity contribution < 1.29 is 31.1 Å². The van der Waals surface area contributed by atoms with Crippen molar-refractivity contribution in [1.29, 1.82) is 0 Å². The first-order valence-corrected chi connectivity index (χ1v) is 9.95. The average molecular weight is 501 g/mol. The Morgan fingerprint density at radius 3 is 1.94 bits per heavy atom. The second-order valence-electron chi connectivity index (χ2n) is 7.18. The molecule has 0 atom stereocenters. The van der Waals surface area contributed by atoms with Crippen LogP contribution >= 0.6 is 12.2 Å². The number of alkyl halides is 6. The molecule has 1 heterocycles. The quantitative estimate of drug-likeness (QED) is 0.331. The minimum absolute atomic E-state index is 0.0174. The van der Waals surface area contributed by atoms with E-state index in [2.05, 4.69) is 20.9 Å². The molecule has 2 aromatic carbocycles. The summed E-state index contributed by atoms with van der Waals surface area (Å²) in [5.74, 6) is -0.405. The molecule has 6 nitrogen and oxygen atoms in total. The topological polar surface area (TPSA) is 71.0 Å². The number of thiocarbonyl (C=S) groups is 1. The van der Waals surface area contributed by atoms with Crippen molar-refractivity contribution in [2.24, 2.45) is 7.05 Å². The first-order valence-electron chi connectivity index (χ1n) is 9.54. The Hall–Kier alpha value is -3.61. The van der Waals surface area contributed by atoms with Crippen LogP contribution in [-0.2, 0) is 25.9 Å². The summed E-state index contributed by atoms with van der Waals surface area (Å²) in [6.07, 6.45) is -6.82. The molecule has 0 aliphatic heterocycles. The van der Waals surface area contributed by atoms with Crippen LogP contribution in [0.4, 0.5) is 37.7 Å². The molecule has 0 spiro atoms. The third-order valence-electron chi connectivity index (χ3n) is 4.44. The molecule has 0 bridgehead atoms. The van der Waals surface area contributed by atoms with Crippen LogP contribution < -0.4 is 16.0 Å². The number of benzene rings is 2. The predicted octanol–water partition coefficient (Wildman–Crippen LogP) is 5.20. The molecular weight excluding hydrogens is 484 g/mol. The van der Waals surface area contributed by atoms with Gasteiger partial charge in [-0.3, -0.25) is 4.79 Å². The molecule has 180 valence electrons. The van der Waals surface area contributed by atoms with Gasteiger partial charge >= 0.3 is 12.4 Å². The Balaban J connectivity index is 1.60. The van der Waals surface area contributed by atoms with Gasteiger partial charge in [0.05, 0.1) is 17.5 Å². The average Bonchev–Trinajstić information content (AvgIpc) is 3.19. The van der Waals surface area contributed by atoms with Gasteiger partial charge in [0.1, 0.15) is 5.69 Å². The van der Waals surface area contributed by atoms with E-state index in [1.165, 1.54) is 6.33 Å². The van der Waals surface area contributed by atoms with E-state index in [0.717, 1.165) is 0 Å². The highest BCUT2D eigenvalue weighted by molar-refractivity contribution is 7.80. The van der Waals surface area contributed by atoms with Gasteiger partial charge in [-0.1, -0.05) is 0 Å². The Morgan fingerprint density at radius 2 is 1.47 bits per heavy atom. The Morgan fingerprint density at radius 1 is 0.941 bits per heavy atom. The lowest BCUT2D eigenvalue weighted by Gasteiger charge is -2.15. The zero-order chi connectivity index (χ0) is 25.1. The molecule has 3 aromatic rings. The fourth-order valence-electron chi connectivity index (χ4n) is 2.84. The number of hydrogen-bond acceptors (Lipinski definition) is 3. The number of rotatable bonds is 5. The fourth-order valence-corrected chi connectivity index (χ4v) is 3.03. The van der Waals surface area contributed by atoms with E-state index in [4.69, 9.17) is 12.2 Å². The molecule has 0 fully saturated rings. The number of amides is 1. The number of nitrogens with zero attached hydrogens (tertiary/aromatic N) is 2. The fraction of sp³-hybridized carbons (Fsp3) is 0.190. The van der Waals surface area contributed by atoms with Gasteiger partial charge in [-0.2, -0.15) is 26.3 Å². The van der Waals surface area contributed by atoms with Gasteiger partial charge in [-0.15, -0.1) is 0 Å². The number of halogens is 6. The van der Waals surface area contributed by atoms with Crippen molar-refractivity contribution in [3.63, 3.8) is 0 Å². The first kappa shape index (κ1) is 25.0. The minimum atomic E-state index is -4.93. The molecule has 0 radical (unpaired) electrons. The summed E-state index contributed by atoms with van der Waals surface area (Å²) in [7, 11) is 1.73. The van der Waals surface area contributed by atoms with Crippen LogP contribution in [0.3, 0.4) is 0 Å². The summed E-state index contributed by atoms with van der Waals surface area (Å²) in [5, 5.41) is 7.99. The number of aromatic nitrogens is 2. The van der Waals surface area contributed by atoms with Crippen molar-refractivity contribution >= 4 is 34.6 Å². The van der Waals surface area contributed by atoms with Gasteiger partial charge in [0, 0.05) is 31.2 Å². The maximum Gasteiger partial charge on any atom is 0.416 e. The molecule has 0 aliphatic carbocycles. The molecule has 0 unspecified atom stereocenters. The normalized spacial score (nSPS) is 11.7. The minimum Gasteiger partial charge on any atom is -0.358 e. The highest BCUT2D eigenvalue weighted by Crippen LogP contribution is 2.36. The van der Waals surface area contributed by atoms with Gasteiger partial charge in [0.2, 0.25) is 0 Å². The van der Waals surface area contributed by atoms with E-state index in [-0.39, 0.29) is 29.0 Å². The number of imidazole rings is 1.